The number of hydrazone groups is 1. The van der Waals surface area contributed by atoms with Gasteiger partial charge in [0.05, 0.1) is 18.2 Å². The van der Waals surface area contributed by atoms with Crippen LogP contribution < -0.4 is 19.8 Å². The first kappa shape index (κ1) is 26.7. The zero-order chi connectivity index (χ0) is 26.1. The van der Waals surface area contributed by atoms with Crippen LogP contribution in [0.3, 0.4) is 0 Å². The zero-order valence-corrected chi connectivity index (χ0v) is 21.2. The van der Waals surface area contributed by atoms with Crippen LogP contribution in [0.15, 0.2) is 77.9 Å². The van der Waals surface area contributed by atoms with Crippen LogP contribution in [0.25, 0.3) is 0 Å². The maximum Gasteiger partial charge on any atom is 0.262 e. The van der Waals surface area contributed by atoms with Crippen molar-refractivity contribution in [2.75, 3.05) is 29.0 Å². The lowest BCUT2D eigenvalue weighted by Crippen LogP contribution is -2.39. The molecule has 0 fully saturated rings. The number of hydrogen-bond donors (Lipinski definition) is 2. The molecule has 2 N–H and O–H groups in total. The predicted octanol–water partition coefficient (Wildman–Crippen LogP) is 3.58. The van der Waals surface area contributed by atoms with E-state index in [0.29, 0.717) is 33.3 Å². The number of aryl methyl sites for hydroxylation is 1. The second kappa shape index (κ2) is 12.2. The van der Waals surface area contributed by atoms with E-state index in [9.17, 15) is 18.0 Å². The van der Waals surface area contributed by atoms with Gasteiger partial charge < -0.3 is 10.1 Å². The number of ether oxygens (including phenoxy) is 1. The SMILES string of the molecule is Cc1cc(Cl)ccc1N(CC(=O)N/N=C\c1ccc(OCC(=O)Nc2ccccc2)cc1)S(C)(=O)=O. The van der Waals surface area contributed by atoms with Gasteiger partial charge in [-0.15, -0.1) is 0 Å². The Balaban J connectivity index is 1.51. The van der Waals surface area contributed by atoms with E-state index in [1.54, 1.807) is 61.5 Å². The summed E-state index contributed by atoms with van der Waals surface area (Å²) < 4.78 is 31.0. The first-order valence-corrected chi connectivity index (χ1v) is 13.0. The van der Waals surface area contributed by atoms with Crippen molar-refractivity contribution in [3.8, 4) is 5.75 Å². The van der Waals surface area contributed by atoms with E-state index in [1.807, 2.05) is 18.2 Å². The molecule has 3 aromatic rings. The molecule has 0 saturated heterocycles. The minimum Gasteiger partial charge on any atom is -0.484 e. The molecule has 0 atom stereocenters. The van der Waals surface area contributed by atoms with E-state index in [2.05, 4.69) is 15.8 Å². The largest absolute Gasteiger partial charge is 0.484 e. The Labute approximate surface area is 214 Å². The molecule has 0 aliphatic heterocycles. The minimum absolute atomic E-state index is 0.150. The van der Waals surface area contributed by atoms with E-state index >= 15 is 0 Å². The van der Waals surface area contributed by atoms with Gasteiger partial charge in [0, 0.05) is 10.7 Å². The number of para-hydroxylation sites is 1. The molecule has 0 aliphatic carbocycles. The molecule has 11 heteroatoms. The van der Waals surface area contributed by atoms with Crippen LogP contribution in [0.2, 0.25) is 5.02 Å². The molecule has 0 spiro atoms. The Bertz CT molecular complexity index is 1350. The number of rotatable bonds is 10. The fraction of sp³-hybridized carbons (Fsp3) is 0.160. The molecule has 3 aromatic carbocycles. The maximum absolute atomic E-state index is 12.4. The van der Waals surface area contributed by atoms with Gasteiger partial charge >= 0.3 is 0 Å². The number of nitrogens with zero attached hydrogens (tertiary/aromatic N) is 2. The number of amides is 2. The summed E-state index contributed by atoms with van der Waals surface area (Å²) >= 11 is 5.95. The summed E-state index contributed by atoms with van der Waals surface area (Å²) in [5.74, 6) is -0.414. The van der Waals surface area contributed by atoms with Crippen molar-refractivity contribution in [3.05, 3.63) is 88.9 Å². The Morgan fingerprint density at radius 3 is 2.36 bits per heavy atom. The van der Waals surface area contributed by atoms with Crippen LogP contribution in [-0.2, 0) is 19.6 Å². The van der Waals surface area contributed by atoms with Crippen molar-refractivity contribution >= 4 is 51.0 Å². The molecule has 2 amide bonds. The molecule has 9 nitrogen and oxygen atoms in total. The number of carbonyl (C=O) groups is 2. The molecule has 36 heavy (non-hydrogen) atoms. The van der Waals surface area contributed by atoms with Gasteiger partial charge in [-0.2, -0.15) is 5.10 Å². The number of carbonyl (C=O) groups excluding carboxylic acids is 2. The highest BCUT2D eigenvalue weighted by molar-refractivity contribution is 7.92. The monoisotopic (exact) mass is 528 g/mol. The quantitative estimate of drug-likeness (QED) is 0.308. The molecule has 0 bridgehead atoms. The van der Waals surface area contributed by atoms with Crippen molar-refractivity contribution in [1.29, 1.82) is 0 Å². The highest BCUT2D eigenvalue weighted by Crippen LogP contribution is 2.25. The lowest BCUT2D eigenvalue weighted by molar-refractivity contribution is -0.119. The third-order valence-corrected chi connectivity index (χ3v) is 6.19. The number of benzene rings is 3. The van der Waals surface area contributed by atoms with Gasteiger partial charge in [0.2, 0.25) is 10.0 Å². The molecule has 0 radical (unpaired) electrons. The Morgan fingerprint density at radius 2 is 1.72 bits per heavy atom. The van der Waals surface area contributed by atoms with Crippen molar-refractivity contribution in [2.24, 2.45) is 5.10 Å². The van der Waals surface area contributed by atoms with Gasteiger partial charge in [0.15, 0.2) is 6.61 Å². The second-order valence-corrected chi connectivity index (χ2v) is 10.1. The predicted molar refractivity (Wildman–Crippen MR) is 141 cm³/mol. The van der Waals surface area contributed by atoms with Gasteiger partial charge in [0.1, 0.15) is 12.3 Å². The Morgan fingerprint density at radius 1 is 1.03 bits per heavy atom. The normalized spacial score (nSPS) is 11.2. The van der Waals surface area contributed by atoms with Gasteiger partial charge in [-0.25, -0.2) is 13.8 Å². The average Bonchev–Trinajstić information content (AvgIpc) is 2.82. The van der Waals surface area contributed by atoms with Crippen LogP contribution in [0.5, 0.6) is 5.75 Å². The van der Waals surface area contributed by atoms with Gasteiger partial charge in [-0.3, -0.25) is 13.9 Å². The molecule has 0 saturated carbocycles. The molecule has 0 aliphatic rings. The van der Waals surface area contributed by atoms with Gasteiger partial charge in [-0.1, -0.05) is 29.8 Å². The molecular weight excluding hydrogens is 504 g/mol. The van der Waals surface area contributed by atoms with Crippen molar-refractivity contribution < 1.29 is 22.7 Å². The second-order valence-electron chi connectivity index (χ2n) is 7.77. The summed E-state index contributed by atoms with van der Waals surface area (Å²) in [6.07, 6.45) is 2.43. The standard InChI is InChI=1S/C25H25ClN4O5S/c1-18-14-20(26)10-13-23(18)30(36(2,33)34)16-24(31)29-27-15-19-8-11-22(12-9-19)35-17-25(32)28-21-6-4-3-5-7-21/h3-15H,16-17H2,1-2H3,(H,28,32)(H,29,31)/b27-15-. The third kappa shape index (κ3) is 8.10. The smallest absolute Gasteiger partial charge is 0.262 e. The number of sulfonamides is 1. The van der Waals surface area contributed by atoms with E-state index in [-0.39, 0.29) is 12.5 Å². The fourth-order valence-corrected chi connectivity index (χ4v) is 4.28. The van der Waals surface area contributed by atoms with Crippen molar-refractivity contribution in [3.63, 3.8) is 0 Å². The minimum atomic E-state index is -3.72. The number of hydrogen-bond acceptors (Lipinski definition) is 6. The van der Waals surface area contributed by atoms with Crippen LogP contribution in [0.4, 0.5) is 11.4 Å². The van der Waals surface area contributed by atoms with E-state index in [4.69, 9.17) is 16.3 Å². The molecule has 188 valence electrons. The zero-order valence-electron chi connectivity index (χ0n) is 19.6. The number of nitrogens with one attached hydrogen (secondary N) is 2. The summed E-state index contributed by atoms with van der Waals surface area (Å²) in [7, 11) is -3.72. The molecule has 0 unspecified atom stereocenters. The Kier molecular flexibility index (Phi) is 9.04. The molecule has 0 aromatic heterocycles. The summed E-state index contributed by atoms with van der Waals surface area (Å²) in [4.78, 5) is 24.3. The lowest BCUT2D eigenvalue weighted by Gasteiger charge is -2.23. The summed E-state index contributed by atoms with van der Waals surface area (Å²) in [6, 6.07) is 20.5. The van der Waals surface area contributed by atoms with Crippen LogP contribution in [-0.4, -0.2) is 45.9 Å². The third-order valence-electron chi connectivity index (χ3n) is 4.83. The van der Waals surface area contributed by atoms with Gasteiger partial charge in [0.25, 0.3) is 11.8 Å². The van der Waals surface area contributed by atoms with Crippen LogP contribution >= 0.6 is 11.6 Å². The topological polar surface area (TPSA) is 117 Å². The first-order valence-electron chi connectivity index (χ1n) is 10.8. The van der Waals surface area contributed by atoms with E-state index < -0.39 is 22.5 Å². The first-order chi connectivity index (χ1) is 17.1. The van der Waals surface area contributed by atoms with E-state index in [1.165, 1.54) is 6.21 Å². The highest BCUT2D eigenvalue weighted by atomic mass is 35.5. The summed E-state index contributed by atoms with van der Waals surface area (Å²) in [5, 5.41) is 7.08. The number of halogens is 1. The molecule has 3 rings (SSSR count). The van der Waals surface area contributed by atoms with Crippen LogP contribution in [0.1, 0.15) is 11.1 Å². The van der Waals surface area contributed by atoms with Crippen LogP contribution in [0, 0.1) is 6.92 Å². The number of anilines is 2. The lowest BCUT2D eigenvalue weighted by atomic mass is 10.2. The summed E-state index contributed by atoms with van der Waals surface area (Å²) in [5.41, 5.74) is 4.64. The Hall–Kier alpha value is -3.89. The molecule has 0 heterocycles. The molecular formula is C25H25ClN4O5S. The summed E-state index contributed by atoms with van der Waals surface area (Å²) in [6.45, 7) is 1.11. The van der Waals surface area contributed by atoms with Crippen molar-refractivity contribution in [2.45, 2.75) is 6.92 Å². The van der Waals surface area contributed by atoms with E-state index in [0.717, 1.165) is 10.6 Å². The maximum atomic E-state index is 12.4. The average molecular weight is 529 g/mol. The van der Waals surface area contributed by atoms with Gasteiger partial charge in [-0.05, 0) is 72.6 Å². The highest BCUT2D eigenvalue weighted by Gasteiger charge is 2.22. The fourth-order valence-electron chi connectivity index (χ4n) is 3.14. The van der Waals surface area contributed by atoms with Crippen molar-refractivity contribution in [1.82, 2.24) is 5.43 Å².